The van der Waals surface area contributed by atoms with Crippen molar-refractivity contribution in [1.29, 1.82) is 5.41 Å². The highest BCUT2D eigenvalue weighted by Crippen LogP contribution is 2.29. The maximum absolute atomic E-state index is 13.3. The van der Waals surface area contributed by atoms with Crippen LogP contribution >= 0.6 is 0 Å². The highest BCUT2D eigenvalue weighted by Gasteiger charge is 2.40. The highest BCUT2D eigenvalue weighted by atomic mass is 16.5. The molecule has 0 bridgehead atoms. The molecular formula is C25H35N5O3. The SMILES string of the molecule is CCOC(=O)CN1CCC[C@@H]1C(=O)N1CCC1CCc1cc2ccc(C(=N)N)cc2n1CC. The van der Waals surface area contributed by atoms with Gasteiger partial charge in [0.05, 0.1) is 19.2 Å². The summed E-state index contributed by atoms with van der Waals surface area (Å²) in [6.45, 7) is 6.90. The number of ether oxygens (including phenoxy) is 1. The summed E-state index contributed by atoms with van der Waals surface area (Å²) in [5, 5.41) is 8.87. The molecule has 0 aliphatic carbocycles. The van der Waals surface area contributed by atoms with Crippen molar-refractivity contribution < 1.29 is 14.3 Å². The van der Waals surface area contributed by atoms with Gasteiger partial charge >= 0.3 is 5.97 Å². The number of likely N-dealkylation sites (tertiary alicyclic amines) is 2. The number of hydrogen-bond acceptors (Lipinski definition) is 5. The van der Waals surface area contributed by atoms with E-state index in [2.05, 4.69) is 17.6 Å². The molecule has 3 heterocycles. The molecule has 2 saturated heterocycles. The minimum absolute atomic E-state index is 0.0786. The summed E-state index contributed by atoms with van der Waals surface area (Å²) in [7, 11) is 0. The van der Waals surface area contributed by atoms with Crippen molar-refractivity contribution >= 4 is 28.6 Å². The molecule has 4 rings (SSSR count). The molecular weight excluding hydrogens is 418 g/mol. The van der Waals surface area contributed by atoms with Crippen molar-refractivity contribution in [2.75, 3.05) is 26.2 Å². The number of nitrogen functional groups attached to an aromatic ring is 1. The fraction of sp³-hybridized carbons (Fsp3) is 0.560. The van der Waals surface area contributed by atoms with Crippen LogP contribution in [0, 0.1) is 5.41 Å². The fourth-order valence-corrected chi connectivity index (χ4v) is 5.26. The molecule has 1 aromatic heterocycles. The quantitative estimate of drug-likeness (QED) is 0.345. The van der Waals surface area contributed by atoms with Crippen molar-refractivity contribution in [1.82, 2.24) is 14.4 Å². The third kappa shape index (κ3) is 4.76. The predicted octanol–water partition coefficient (Wildman–Crippen LogP) is 2.51. The van der Waals surface area contributed by atoms with Crippen LogP contribution in [0.2, 0.25) is 0 Å². The molecule has 2 aliphatic heterocycles. The molecule has 2 aliphatic rings. The average Bonchev–Trinajstić information content (AvgIpc) is 3.36. The molecule has 1 amide bonds. The molecule has 0 saturated carbocycles. The number of nitrogens with one attached hydrogen (secondary N) is 1. The van der Waals surface area contributed by atoms with Gasteiger partial charge < -0.3 is 19.9 Å². The Balaban J connectivity index is 1.40. The number of rotatable bonds is 9. The van der Waals surface area contributed by atoms with Crippen molar-refractivity contribution in [3.63, 3.8) is 0 Å². The number of aromatic nitrogens is 1. The number of benzene rings is 1. The molecule has 8 heteroatoms. The van der Waals surface area contributed by atoms with E-state index < -0.39 is 0 Å². The Labute approximate surface area is 195 Å². The molecule has 3 N–H and O–H groups in total. The van der Waals surface area contributed by atoms with Gasteiger partial charge in [-0.2, -0.15) is 0 Å². The summed E-state index contributed by atoms with van der Waals surface area (Å²) < 4.78 is 7.36. The number of nitrogens with zero attached hydrogens (tertiary/aromatic N) is 3. The van der Waals surface area contributed by atoms with Crippen LogP contribution in [0.5, 0.6) is 0 Å². The first-order valence-corrected chi connectivity index (χ1v) is 12.1. The van der Waals surface area contributed by atoms with Crippen LogP contribution in [0.3, 0.4) is 0 Å². The van der Waals surface area contributed by atoms with Gasteiger partial charge in [0.2, 0.25) is 5.91 Å². The van der Waals surface area contributed by atoms with Gasteiger partial charge in [0.1, 0.15) is 5.84 Å². The van der Waals surface area contributed by atoms with Crippen molar-refractivity contribution in [3.05, 3.63) is 35.5 Å². The normalized spacial score (nSPS) is 20.7. The molecule has 2 atom stereocenters. The van der Waals surface area contributed by atoms with Gasteiger partial charge in [-0.3, -0.25) is 19.9 Å². The van der Waals surface area contributed by atoms with E-state index in [1.807, 2.05) is 28.0 Å². The van der Waals surface area contributed by atoms with E-state index in [0.29, 0.717) is 6.61 Å². The third-order valence-corrected chi connectivity index (χ3v) is 7.06. The highest BCUT2D eigenvalue weighted by molar-refractivity contribution is 5.98. The maximum Gasteiger partial charge on any atom is 0.320 e. The molecule has 0 spiro atoms. The smallest absolute Gasteiger partial charge is 0.320 e. The number of carbonyl (C=O) groups is 2. The van der Waals surface area contributed by atoms with E-state index in [1.54, 1.807) is 6.92 Å². The topological polar surface area (TPSA) is 105 Å². The second-order valence-electron chi connectivity index (χ2n) is 9.01. The van der Waals surface area contributed by atoms with E-state index >= 15 is 0 Å². The van der Waals surface area contributed by atoms with Gasteiger partial charge in [0.15, 0.2) is 0 Å². The number of hydrogen-bond donors (Lipinski definition) is 2. The number of amides is 1. The Kier molecular flexibility index (Phi) is 7.02. The van der Waals surface area contributed by atoms with Crippen molar-refractivity contribution in [3.8, 4) is 0 Å². The fourth-order valence-electron chi connectivity index (χ4n) is 5.26. The molecule has 1 unspecified atom stereocenters. The molecule has 2 fully saturated rings. The summed E-state index contributed by atoms with van der Waals surface area (Å²) in [4.78, 5) is 29.2. The largest absolute Gasteiger partial charge is 0.465 e. The van der Waals surface area contributed by atoms with Gasteiger partial charge in [-0.25, -0.2) is 0 Å². The number of aryl methyl sites for hydroxylation is 2. The van der Waals surface area contributed by atoms with Crippen LogP contribution in [0.15, 0.2) is 24.3 Å². The lowest BCUT2D eigenvalue weighted by Gasteiger charge is -2.43. The van der Waals surface area contributed by atoms with E-state index in [1.165, 1.54) is 5.69 Å². The first-order chi connectivity index (χ1) is 15.9. The Morgan fingerprint density at radius 1 is 1.18 bits per heavy atom. The standard InChI is InChI=1S/C25H35N5O3/c1-3-29-20(14-17-7-8-18(24(26)27)15-22(17)29)10-9-19-11-13-30(19)25(32)21-6-5-12-28(21)16-23(31)33-4-2/h7-8,14-15,19,21H,3-6,9-13,16H2,1-2H3,(H3,26,27)/t19?,21-/m1/s1. The maximum atomic E-state index is 13.3. The first kappa shape index (κ1) is 23.3. The predicted molar refractivity (Wildman–Crippen MR) is 128 cm³/mol. The number of amidine groups is 1. The summed E-state index contributed by atoms with van der Waals surface area (Å²) in [6.07, 6.45) is 4.59. The summed E-state index contributed by atoms with van der Waals surface area (Å²) in [5.41, 5.74) is 8.77. The molecule has 33 heavy (non-hydrogen) atoms. The minimum atomic E-state index is -0.252. The lowest BCUT2D eigenvalue weighted by Crippen LogP contribution is -2.57. The zero-order chi connectivity index (χ0) is 23.5. The number of nitrogens with two attached hydrogens (primary N) is 1. The molecule has 8 nitrogen and oxygen atoms in total. The van der Waals surface area contributed by atoms with Crippen LogP contribution in [0.25, 0.3) is 10.9 Å². The second kappa shape index (κ2) is 9.95. The monoisotopic (exact) mass is 453 g/mol. The Bertz CT molecular complexity index is 1050. The zero-order valence-electron chi connectivity index (χ0n) is 19.7. The Morgan fingerprint density at radius 3 is 2.67 bits per heavy atom. The van der Waals surface area contributed by atoms with Crippen molar-refractivity contribution in [2.45, 2.75) is 64.6 Å². The number of esters is 1. The number of carbonyl (C=O) groups excluding carboxylic acids is 2. The van der Waals surface area contributed by atoms with E-state index in [0.717, 1.165) is 68.2 Å². The van der Waals surface area contributed by atoms with Crippen LogP contribution in [-0.2, 0) is 27.3 Å². The van der Waals surface area contributed by atoms with Gasteiger partial charge in [0.25, 0.3) is 0 Å². The Hall–Kier alpha value is -2.87. The van der Waals surface area contributed by atoms with Gasteiger partial charge in [-0.15, -0.1) is 0 Å². The van der Waals surface area contributed by atoms with Gasteiger partial charge in [-0.1, -0.05) is 12.1 Å². The van der Waals surface area contributed by atoms with E-state index in [9.17, 15) is 9.59 Å². The summed E-state index contributed by atoms with van der Waals surface area (Å²) in [6, 6.07) is 8.17. The first-order valence-electron chi connectivity index (χ1n) is 12.1. The van der Waals surface area contributed by atoms with Crippen molar-refractivity contribution in [2.24, 2.45) is 5.73 Å². The average molecular weight is 454 g/mol. The van der Waals surface area contributed by atoms with E-state index in [-0.39, 0.29) is 36.3 Å². The van der Waals surface area contributed by atoms with Crippen LogP contribution in [0.4, 0.5) is 0 Å². The third-order valence-electron chi connectivity index (χ3n) is 7.06. The lowest BCUT2D eigenvalue weighted by atomic mass is 9.95. The van der Waals surface area contributed by atoms with Crippen LogP contribution in [-0.4, -0.2) is 70.4 Å². The molecule has 2 aromatic rings. The van der Waals surface area contributed by atoms with Crippen LogP contribution in [0.1, 0.15) is 50.8 Å². The molecule has 178 valence electrons. The van der Waals surface area contributed by atoms with E-state index in [4.69, 9.17) is 15.9 Å². The van der Waals surface area contributed by atoms with Crippen LogP contribution < -0.4 is 5.73 Å². The lowest BCUT2D eigenvalue weighted by molar-refractivity contribution is -0.148. The number of fused-ring (bicyclic) bond motifs is 1. The molecule has 1 aromatic carbocycles. The minimum Gasteiger partial charge on any atom is -0.465 e. The zero-order valence-corrected chi connectivity index (χ0v) is 19.7. The Morgan fingerprint density at radius 2 is 2.00 bits per heavy atom. The molecule has 0 radical (unpaired) electrons. The second-order valence-corrected chi connectivity index (χ2v) is 9.01. The van der Waals surface area contributed by atoms with Gasteiger partial charge in [-0.05, 0) is 70.0 Å². The summed E-state index contributed by atoms with van der Waals surface area (Å²) >= 11 is 0. The summed E-state index contributed by atoms with van der Waals surface area (Å²) in [5.74, 6) is -0.0114. The van der Waals surface area contributed by atoms with Gasteiger partial charge in [0, 0.05) is 35.9 Å².